The third-order valence-electron chi connectivity index (χ3n) is 13.5. The van der Waals surface area contributed by atoms with Crippen molar-refractivity contribution in [3.8, 4) is 0 Å². The standard InChI is InChI=1S/C59H113NO5/c1-3-5-7-9-11-13-15-17-19-21-22-24-26-28-33-37-41-45-49-53-59(64)65-54-50-46-42-38-34-30-29-32-36-40-44-48-52-58(63)60-56(55-61)57(62)51-47-43-39-35-31-27-25-23-20-18-16-14-12-10-8-6-4-2/h17,19,47,51,56-57,61-62H,3-16,18,20-46,48-50,52-55H2,1-2H3,(H,60,63)/b19-17-,51-47+. The molecule has 0 aromatic rings. The van der Waals surface area contributed by atoms with Gasteiger partial charge in [-0.2, -0.15) is 0 Å². The Balaban J connectivity index is 3.47. The molecular weight excluding hydrogens is 803 g/mol. The Kier molecular flexibility index (Phi) is 53.5. The number of esters is 1. The normalized spacial score (nSPS) is 12.7. The lowest BCUT2D eigenvalue weighted by molar-refractivity contribution is -0.143. The molecule has 0 spiro atoms. The van der Waals surface area contributed by atoms with Crippen LogP contribution in [-0.2, 0) is 14.3 Å². The molecule has 2 atom stereocenters. The van der Waals surface area contributed by atoms with Gasteiger partial charge in [0.25, 0.3) is 0 Å². The first kappa shape index (κ1) is 63.3. The van der Waals surface area contributed by atoms with Gasteiger partial charge in [-0.15, -0.1) is 0 Å². The van der Waals surface area contributed by atoms with Crippen LogP contribution >= 0.6 is 0 Å². The van der Waals surface area contributed by atoms with Crippen LogP contribution in [0.1, 0.15) is 316 Å². The van der Waals surface area contributed by atoms with Crippen LogP contribution in [0.5, 0.6) is 0 Å². The van der Waals surface area contributed by atoms with Gasteiger partial charge in [0.1, 0.15) is 0 Å². The summed E-state index contributed by atoms with van der Waals surface area (Å²) in [6, 6.07) is -0.640. The first-order valence-electron chi connectivity index (χ1n) is 29.1. The molecule has 0 saturated heterocycles. The number of aliphatic hydroxyl groups is 2. The summed E-state index contributed by atoms with van der Waals surface area (Å²) in [7, 11) is 0. The highest BCUT2D eigenvalue weighted by atomic mass is 16.5. The van der Waals surface area contributed by atoms with E-state index in [1.54, 1.807) is 6.08 Å². The van der Waals surface area contributed by atoms with Crippen molar-refractivity contribution in [3.05, 3.63) is 24.3 Å². The summed E-state index contributed by atoms with van der Waals surface area (Å²) in [5.74, 6) is -0.0924. The van der Waals surface area contributed by atoms with Crippen molar-refractivity contribution in [2.45, 2.75) is 328 Å². The molecule has 384 valence electrons. The second-order valence-electron chi connectivity index (χ2n) is 20.0. The molecule has 1 amide bonds. The predicted octanol–water partition coefficient (Wildman–Crippen LogP) is 17.9. The van der Waals surface area contributed by atoms with Gasteiger partial charge in [0.2, 0.25) is 5.91 Å². The minimum atomic E-state index is -0.855. The van der Waals surface area contributed by atoms with Crippen LogP contribution < -0.4 is 5.32 Å². The van der Waals surface area contributed by atoms with Gasteiger partial charge in [0, 0.05) is 12.8 Å². The number of hydrogen-bond acceptors (Lipinski definition) is 5. The van der Waals surface area contributed by atoms with Crippen molar-refractivity contribution >= 4 is 11.9 Å². The summed E-state index contributed by atoms with van der Waals surface area (Å²) in [5, 5.41) is 23.1. The van der Waals surface area contributed by atoms with E-state index in [4.69, 9.17) is 4.74 Å². The Morgan fingerprint density at radius 1 is 0.415 bits per heavy atom. The Morgan fingerprint density at radius 3 is 1.09 bits per heavy atom. The number of unbranched alkanes of at least 4 members (excludes halogenated alkanes) is 41. The van der Waals surface area contributed by atoms with Gasteiger partial charge in [0.05, 0.1) is 25.4 Å². The molecule has 0 heterocycles. The van der Waals surface area contributed by atoms with Crippen molar-refractivity contribution in [2.24, 2.45) is 0 Å². The third kappa shape index (κ3) is 51.6. The summed E-state index contributed by atoms with van der Waals surface area (Å²) < 4.78 is 5.48. The van der Waals surface area contributed by atoms with Gasteiger partial charge in [0.15, 0.2) is 0 Å². The zero-order valence-corrected chi connectivity index (χ0v) is 43.7. The second-order valence-corrected chi connectivity index (χ2v) is 20.0. The summed E-state index contributed by atoms with van der Waals surface area (Å²) in [6.07, 6.45) is 66.2. The number of amides is 1. The molecule has 0 radical (unpaired) electrons. The summed E-state index contributed by atoms with van der Waals surface area (Å²) in [4.78, 5) is 24.6. The number of aliphatic hydroxyl groups excluding tert-OH is 2. The largest absolute Gasteiger partial charge is 0.466 e. The fraction of sp³-hybridized carbons (Fsp3) is 0.898. The van der Waals surface area contributed by atoms with Crippen LogP contribution in [0.25, 0.3) is 0 Å². The number of nitrogens with one attached hydrogen (secondary N) is 1. The fourth-order valence-corrected chi connectivity index (χ4v) is 8.98. The number of rotatable bonds is 54. The van der Waals surface area contributed by atoms with Crippen molar-refractivity contribution in [2.75, 3.05) is 13.2 Å². The van der Waals surface area contributed by atoms with Crippen molar-refractivity contribution < 1.29 is 24.5 Å². The van der Waals surface area contributed by atoms with Crippen LogP contribution in [0.3, 0.4) is 0 Å². The predicted molar refractivity (Wildman–Crippen MR) is 283 cm³/mol. The lowest BCUT2D eigenvalue weighted by atomic mass is 10.0. The summed E-state index contributed by atoms with van der Waals surface area (Å²) >= 11 is 0. The van der Waals surface area contributed by atoms with E-state index in [2.05, 4.69) is 31.3 Å². The Hall–Kier alpha value is -1.66. The average Bonchev–Trinajstić information content (AvgIpc) is 3.31. The molecule has 3 N–H and O–H groups in total. The fourth-order valence-electron chi connectivity index (χ4n) is 8.98. The van der Waals surface area contributed by atoms with Crippen molar-refractivity contribution in [1.82, 2.24) is 5.32 Å². The molecular formula is C59H113NO5. The molecule has 6 nitrogen and oxygen atoms in total. The molecule has 0 aromatic heterocycles. The third-order valence-corrected chi connectivity index (χ3v) is 13.5. The van der Waals surface area contributed by atoms with E-state index >= 15 is 0 Å². The van der Waals surface area contributed by atoms with Gasteiger partial charge in [-0.3, -0.25) is 9.59 Å². The molecule has 0 aliphatic rings. The van der Waals surface area contributed by atoms with E-state index in [9.17, 15) is 19.8 Å². The zero-order chi connectivity index (χ0) is 47.2. The quantitative estimate of drug-likeness (QED) is 0.0321. The van der Waals surface area contributed by atoms with Crippen LogP contribution in [0.15, 0.2) is 24.3 Å². The van der Waals surface area contributed by atoms with E-state index in [0.29, 0.717) is 19.4 Å². The van der Waals surface area contributed by atoms with Crippen molar-refractivity contribution in [1.29, 1.82) is 0 Å². The SMILES string of the molecule is CCCCCCCC/C=C\CCCCCCCCCCCC(=O)OCCCCCCCCCCCCCCC(=O)NC(CO)C(O)/C=C/CCCCCCCCCCCCCCCCC. The Labute approximate surface area is 405 Å². The topological polar surface area (TPSA) is 95.9 Å². The van der Waals surface area contributed by atoms with E-state index in [1.165, 1.54) is 231 Å². The maximum absolute atomic E-state index is 12.5. The summed E-state index contributed by atoms with van der Waals surface area (Å²) in [5.41, 5.74) is 0. The van der Waals surface area contributed by atoms with Gasteiger partial charge in [-0.1, -0.05) is 269 Å². The molecule has 0 fully saturated rings. The number of allylic oxidation sites excluding steroid dienone is 3. The maximum atomic E-state index is 12.5. The molecule has 0 aliphatic heterocycles. The van der Waals surface area contributed by atoms with E-state index in [0.717, 1.165) is 57.8 Å². The van der Waals surface area contributed by atoms with Gasteiger partial charge in [-0.05, 0) is 57.8 Å². The molecule has 0 rings (SSSR count). The van der Waals surface area contributed by atoms with E-state index in [1.807, 2.05) is 6.08 Å². The van der Waals surface area contributed by atoms with Gasteiger partial charge < -0.3 is 20.3 Å². The smallest absolute Gasteiger partial charge is 0.305 e. The Morgan fingerprint density at radius 2 is 0.723 bits per heavy atom. The highest BCUT2D eigenvalue weighted by Crippen LogP contribution is 2.17. The van der Waals surface area contributed by atoms with Crippen molar-refractivity contribution in [3.63, 3.8) is 0 Å². The van der Waals surface area contributed by atoms with E-state index < -0.39 is 12.1 Å². The number of carbonyl (C=O) groups is 2. The number of ether oxygens (including phenoxy) is 1. The minimum absolute atomic E-state index is 0.0108. The maximum Gasteiger partial charge on any atom is 0.305 e. The monoisotopic (exact) mass is 916 g/mol. The molecule has 2 unspecified atom stereocenters. The van der Waals surface area contributed by atoms with Crippen LogP contribution in [0, 0.1) is 0 Å². The molecule has 0 saturated carbocycles. The number of carbonyl (C=O) groups excluding carboxylic acids is 2. The van der Waals surface area contributed by atoms with Crippen LogP contribution in [0.4, 0.5) is 0 Å². The second kappa shape index (κ2) is 54.9. The van der Waals surface area contributed by atoms with Gasteiger partial charge in [-0.25, -0.2) is 0 Å². The van der Waals surface area contributed by atoms with Crippen LogP contribution in [-0.4, -0.2) is 47.4 Å². The first-order chi connectivity index (χ1) is 32.0. The lowest BCUT2D eigenvalue weighted by Crippen LogP contribution is -2.45. The first-order valence-corrected chi connectivity index (χ1v) is 29.1. The van der Waals surface area contributed by atoms with E-state index in [-0.39, 0.29) is 18.5 Å². The minimum Gasteiger partial charge on any atom is -0.466 e. The molecule has 0 aromatic carbocycles. The van der Waals surface area contributed by atoms with Gasteiger partial charge >= 0.3 is 5.97 Å². The average molecular weight is 917 g/mol. The highest BCUT2D eigenvalue weighted by Gasteiger charge is 2.18. The molecule has 0 bridgehead atoms. The summed E-state index contributed by atoms with van der Waals surface area (Å²) in [6.45, 7) is 4.88. The highest BCUT2D eigenvalue weighted by molar-refractivity contribution is 5.76. The molecule has 0 aliphatic carbocycles. The lowest BCUT2D eigenvalue weighted by Gasteiger charge is -2.20. The van der Waals surface area contributed by atoms with Crippen LogP contribution in [0.2, 0.25) is 0 Å². The Bertz CT molecular complexity index is 1010. The zero-order valence-electron chi connectivity index (χ0n) is 43.7. The molecule has 65 heavy (non-hydrogen) atoms. The molecule has 6 heteroatoms. The number of hydrogen-bond donors (Lipinski definition) is 3.